The number of rotatable bonds is 7. The fourth-order valence-corrected chi connectivity index (χ4v) is 13.3. The molecule has 2 aliphatic heterocycles. The van der Waals surface area contributed by atoms with Crippen LogP contribution in [0.2, 0.25) is 0 Å². The number of hydrogen-bond donors (Lipinski definition) is 1. The standard InChI is InChI=1S/C36H55NO2/c1-5-39-21-15-29-11-8-17-33(29)22-27(3)36-19-13-26(2)31(36)23-35(33)25-37-24-34(37)18-14-28(10-9-20-38)30(34)12-6-7-16-32(35,36)4/h27-30,38H,5,8-25H2,1-4H3/t27-,28+,29-,30-,32-,33+,34-,35-,36-,37?/m1/s1. The Morgan fingerprint density at radius 1 is 1.10 bits per heavy atom. The van der Waals surface area contributed by atoms with Crippen molar-refractivity contribution in [1.29, 1.82) is 0 Å². The summed E-state index contributed by atoms with van der Waals surface area (Å²) in [5.74, 6) is 10.9. The molecular formula is C36H55NO2. The summed E-state index contributed by atoms with van der Waals surface area (Å²) in [5, 5.41) is 9.60. The zero-order chi connectivity index (χ0) is 27.1. The van der Waals surface area contributed by atoms with Crippen LogP contribution in [0.15, 0.2) is 11.1 Å². The molecule has 2 bridgehead atoms. The molecule has 0 amide bonds. The molecule has 0 aromatic heterocycles. The van der Waals surface area contributed by atoms with E-state index in [0.717, 1.165) is 50.2 Å². The molecule has 0 aromatic rings. The predicted octanol–water partition coefficient (Wildman–Crippen LogP) is 7.38. The number of aliphatic hydroxyl groups is 1. The van der Waals surface area contributed by atoms with E-state index in [0.29, 0.717) is 34.3 Å². The highest BCUT2D eigenvalue weighted by Crippen LogP contribution is 2.86. The van der Waals surface area contributed by atoms with Crippen LogP contribution in [0.25, 0.3) is 0 Å². The summed E-state index contributed by atoms with van der Waals surface area (Å²) < 4.78 is 6.04. The molecule has 5 fully saturated rings. The smallest absolute Gasteiger partial charge is 0.0468 e. The van der Waals surface area contributed by atoms with Gasteiger partial charge in [0.15, 0.2) is 0 Å². The van der Waals surface area contributed by atoms with Crippen molar-refractivity contribution in [2.45, 2.75) is 123 Å². The molecule has 2 heterocycles. The molecule has 1 N–H and O–H groups in total. The minimum absolute atomic E-state index is 0.261. The lowest BCUT2D eigenvalue weighted by Crippen LogP contribution is -2.64. The quantitative estimate of drug-likeness (QED) is 0.160. The predicted molar refractivity (Wildman–Crippen MR) is 158 cm³/mol. The van der Waals surface area contributed by atoms with E-state index in [-0.39, 0.29) is 5.41 Å². The highest BCUT2D eigenvalue weighted by molar-refractivity contribution is 5.45. The van der Waals surface area contributed by atoms with Crippen LogP contribution < -0.4 is 0 Å². The first kappa shape index (κ1) is 27.0. The molecule has 7 rings (SSSR count). The number of nitrogens with zero attached hydrogens (tertiary/aromatic N) is 1. The Morgan fingerprint density at radius 2 is 1.97 bits per heavy atom. The number of hydrogen-bond acceptors (Lipinski definition) is 3. The van der Waals surface area contributed by atoms with Crippen LogP contribution in [-0.4, -0.2) is 48.5 Å². The van der Waals surface area contributed by atoms with Gasteiger partial charge in [-0.2, -0.15) is 0 Å². The first-order valence-electron chi connectivity index (χ1n) is 16.9. The molecular weight excluding hydrogens is 478 g/mol. The second kappa shape index (κ2) is 9.34. The third kappa shape index (κ3) is 3.29. The zero-order valence-electron chi connectivity index (χ0n) is 25.5. The molecule has 10 atom stereocenters. The average Bonchev–Trinajstić information content (AvgIpc) is 3.15. The van der Waals surface area contributed by atoms with Gasteiger partial charge in [0, 0.05) is 56.7 Å². The van der Waals surface area contributed by atoms with Crippen molar-refractivity contribution < 1.29 is 9.84 Å². The molecule has 3 spiro atoms. The highest BCUT2D eigenvalue weighted by atomic mass is 16.5. The molecule has 4 saturated carbocycles. The maximum Gasteiger partial charge on any atom is 0.0468 e. The molecule has 0 aromatic carbocycles. The largest absolute Gasteiger partial charge is 0.396 e. The van der Waals surface area contributed by atoms with Crippen LogP contribution in [0.3, 0.4) is 0 Å². The van der Waals surface area contributed by atoms with Crippen molar-refractivity contribution in [3.05, 3.63) is 11.1 Å². The van der Waals surface area contributed by atoms with E-state index in [1.165, 1.54) is 83.7 Å². The van der Waals surface area contributed by atoms with Crippen molar-refractivity contribution in [2.75, 3.05) is 32.9 Å². The molecule has 3 heteroatoms. The Hall–Kier alpha value is -0.820. The van der Waals surface area contributed by atoms with Gasteiger partial charge in [-0.1, -0.05) is 31.4 Å². The van der Waals surface area contributed by atoms with Crippen molar-refractivity contribution in [1.82, 2.24) is 4.90 Å². The van der Waals surface area contributed by atoms with Gasteiger partial charge < -0.3 is 9.84 Å². The topological polar surface area (TPSA) is 32.5 Å². The summed E-state index contributed by atoms with van der Waals surface area (Å²) in [6, 6.07) is 0. The van der Waals surface area contributed by atoms with E-state index in [1.807, 2.05) is 5.57 Å². The van der Waals surface area contributed by atoms with Gasteiger partial charge in [0.05, 0.1) is 0 Å². The summed E-state index contributed by atoms with van der Waals surface area (Å²) in [5.41, 5.74) is 5.45. The maximum atomic E-state index is 9.60. The molecule has 39 heavy (non-hydrogen) atoms. The monoisotopic (exact) mass is 533 g/mol. The molecule has 7 aliphatic rings. The van der Waals surface area contributed by atoms with Crippen LogP contribution in [0.5, 0.6) is 0 Å². The summed E-state index contributed by atoms with van der Waals surface area (Å²) >= 11 is 0. The molecule has 216 valence electrons. The Morgan fingerprint density at radius 3 is 2.79 bits per heavy atom. The van der Waals surface area contributed by atoms with Crippen LogP contribution in [-0.2, 0) is 4.74 Å². The zero-order valence-corrected chi connectivity index (χ0v) is 25.5. The van der Waals surface area contributed by atoms with Crippen LogP contribution in [0.1, 0.15) is 118 Å². The normalized spacial score (nSPS) is 51.3. The van der Waals surface area contributed by atoms with Gasteiger partial charge in [0.1, 0.15) is 0 Å². The summed E-state index contributed by atoms with van der Waals surface area (Å²) in [6.45, 7) is 14.9. The van der Waals surface area contributed by atoms with Crippen molar-refractivity contribution in [3.63, 3.8) is 0 Å². The van der Waals surface area contributed by atoms with Gasteiger partial charge in [0.25, 0.3) is 0 Å². The molecule has 0 radical (unpaired) electrons. The SMILES string of the molecule is CCOCC[C@H]1CCC[C@]12C[C@@H](C)[C@]13CCC(C)=C1C[C@]21CN2C[C@@]24CC[C@H](CCCO)[C@H]4CC#CC[C@]13C. The fraction of sp³-hybridized carbons (Fsp3) is 0.889. The van der Waals surface area contributed by atoms with Crippen LogP contribution in [0.4, 0.5) is 0 Å². The Bertz CT molecular complexity index is 1090. The molecule has 1 saturated heterocycles. The van der Waals surface area contributed by atoms with Gasteiger partial charge in [-0.3, -0.25) is 4.90 Å². The lowest BCUT2D eigenvalue weighted by atomic mass is 9.36. The maximum absolute atomic E-state index is 9.60. The van der Waals surface area contributed by atoms with Crippen LogP contribution >= 0.6 is 0 Å². The van der Waals surface area contributed by atoms with Crippen molar-refractivity contribution >= 4 is 0 Å². The second-order valence-corrected chi connectivity index (χ2v) is 15.6. The fourth-order valence-electron chi connectivity index (χ4n) is 13.3. The second-order valence-electron chi connectivity index (χ2n) is 15.6. The van der Waals surface area contributed by atoms with E-state index >= 15 is 0 Å². The van der Waals surface area contributed by atoms with Gasteiger partial charge in [-0.05, 0) is 124 Å². The first-order valence-corrected chi connectivity index (χ1v) is 16.9. The number of ether oxygens (including phenoxy) is 1. The Balaban J connectivity index is 1.35. The third-order valence-electron chi connectivity index (χ3n) is 15.0. The van der Waals surface area contributed by atoms with E-state index in [9.17, 15) is 5.11 Å². The lowest BCUT2D eigenvalue weighted by Gasteiger charge is -2.67. The Kier molecular flexibility index (Phi) is 6.48. The molecule has 3 nitrogen and oxygen atoms in total. The van der Waals surface area contributed by atoms with Gasteiger partial charge in [-0.15, -0.1) is 11.8 Å². The first-order chi connectivity index (χ1) is 18.8. The summed E-state index contributed by atoms with van der Waals surface area (Å²) in [4.78, 5) is 3.04. The summed E-state index contributed by atoms with van der Waals surface area (Å²) in [7, 11) is 0. The van der Waals surface area contributed by atoms with E-state index in [4.69, 9.17) is 4.74 Å². The van der Waals surface area contributed by atoms with E-state index < -0.39 is 0 Å². The van der Waals surface area contributed by atoms with Crippen LogP contribution in [0, 0.1) is 57.2 Å². The van der Waals surface area contributed by atoms with Crippen molar-refractivity contribution in [2.24, 2.45) is 45.3 Å². The average molecular weight is 534 g/mol. The van der Waals surface area contributed by atoms with Gasteiger partial charge in [-0.25, -0.2) is 0 Å². The summed E-state index contributed by atoms with van der Waals surface area (Å²) in [6.07, 6.45) is 18.1. The van der Waals surface area contributed by atoms with Crippen molar-refractivity contribution in [3.8, 4) is 11.8 Å². The highest BCUT2D eigenvalue weighted by Gasteiger charge is 2.80. The third-order valence-corrected chi connectivity index (χ3v) is 15.0. The number of allylic oxidation sites excluding steroid dienone is 2. The minimum Gasteiger partial charge on any atom is -0.396 e. The lowest BCUT2D eigenvalue weighted by molar-refractivity contribution is -0.195. The van der Waals surface area contributed by atoms with Gasteiger partial charge in [0.2, 0.25) is 0 Å². The van der Waals surface area contributed by atoms with E-state index in [1.54, 1.807) is 5.57 Å². The molecule has 5 aliphatic carbocycles. The number of aliphatic hydroxyl groups excluding tert-OH is 1. The molecule has 1 unspecified atom stereocenters. The minimum atomic E-state index is 0.261. The Labute approximate surface area is 238 Å². The van der Waals surface area contributed by atoms with Gasteiger partial charge >= 0.3 is 0 Å². The van der Waals surface area contributed by atoms with E-state index in [2.05, 4.69) is 44.4 Å².